The van der Waals surface area contributed by atoms with Crippen molar-refractivity contribution in [3.63, 3.8) is 0 Å². The first kappa shape index (κ1) is 17.0. The van der Waals surface area contributed by atoms with E-state index in [4.69, 9.17) is 9.15 Å². The summed E-state index contributed by atoms with van der Waals surface area (Å²) in [5.41, 5.74) is 3.47. The third-order valence-corrected chi connectivity index (χ3v) is 4.79. The van der Waals surface area contributed by atoms with E-state index in [1.54, 1.807) is 0 Å². The zero-order valence-electron chi connectivity index (χ0n) is 14.7. The van der Waals surface area contributed by atoms with Crippen LogP contribution in [0, 0.1) is 19.8 Å². The number of carbonyl (C=O) groups is 1. The van der Waals surface area contributed by atoms with Crippen molar-refractivity contribution >= 4 is 16.9 Å². The highest BCUT2D eigenvalue weighted by Crippen LogP contribution is 2.28. The number of hydrogen-bond acceptors (Lipinski definition) is 4. The second-order valence-corrected chi connectivity index (χ2v) is 6.78. The zero-order chi connectivity index (χ0) is 17.1. The van der Waals surface area contributed by atoms with Gasteiger partial charge in [-0.1, -0.05) is 11.6 Å². The summed E-state index contributed by atoms with van der Waals surface area (Å²) in [6, 6.07) is 6.33. The molecule has 0 radical (unpaired) electrons. The number of benzene rings is 1. The van der Waals surface area contributed by atoms with Crippen LogP contribution < -0.4 is 5.32 Å². The molecule has 0 aliphatic carbocycles. The molecule has 24 heavy (non-hydrogen) atoms. The van der Waals surface area contributed by atoms with Crippen LogP contribution in [0.3, 0.4) is 0 Å². The molecule has 1 atom stereocenters. The largest absolute Gasteiger partial charge is 0.459 e. The van der Waals surface area contributed by atoms with E-state index in [0.717, 1.165) is 43.9 Å². The summed E-state index contributed by atoms with van der Waals surface area (Å²) >= 11 is 0. The molecule has 3 rings (SSSR count). The monoisotopic (exact) mass is 330 g/mol. The predicted molar refractivity (Wildman–Crippen MR) is 94.0 cm³/mol. The molecule has 1 saturated heterocycles. The third kappa shape index (κ3) is 3.79. The van der Waals surface area contributed by atoms with Gasteiger partial charge in [0.2, 0.25) is 5.91 Å². The van der Waals surface area contributed by atoms with Crippen LogP contribution in [0.1, 0.15) is 23.3 Å². The number of carbonyl (C=O) groups excluding carboxylic acids is 1. The highest BCUT2D eigenvalue weighted by atomic mass is 16.5. The van der Waals surface area contributed by atoms with Crippen molar-refractivity contribution in [2.45, 2.75) is 26.8 Å². The molecule has 5 heteroatoms. The molecule has 1 N–H and O–H groups in total. The molecule has 1 amide bonds. The number of nitrogens with zero attached hydrogens (tertiary/aromatic N) is 1. The first-order valence-electron chi connectivity index (χ1n) is 8.53. The van der Waals surface area contributed by atoms with Crippen LogP contribution in [0.2, 0.25) is 0 Å². The Balaban J connectivity index is 1.58. The van der Waals surface area contributed by atoms with Crippen LogP contribution >= 0.6 is 0 Å². The Morgan fingerprint density at radius 1 is 1.42 bits per heavy atom. The molecule has 2 aromatic rings. The minimum atomic E-state index is -0.0422. The molecule has 1 aliphatic heterocycles. The first-order valence-corrected chi connectivity index (χ1v) is 8.53. The number of likely N-dealkylation sites (tertiary alicyclic amines) is 1. The number of rotatable bonds is 6. The lowest BCUT2D eigenvalue weighted by molar-refractivity contribution is -0.124. The standard InChI is InChI=1S/C19H26N2O3/c1-13-4-5-17-16(8-13)14(2)18(24-17)11-21-7-6-15(10-21)9-20-19(22)12-23-3/h4-5,8,15H,6-7,9-12H2,1-3H3,(H,20,22)/t15-/m0/s1. The fourth-order valence-corrected chi connectivity index (χ4v) is 3.40. The quantitative estimate of drug-likeness (QED) is 0.885. The summed E-state index contributed by atoms with van der Waals surface area (Å²) in [4.78, 5) is 13.9. The molecule has 1 aromatic heterocycles. The summed E-state index contributed by atoms with van der Waals surface area (Å²) in [6.45, 7) is 7.96. The molecule has 0 bridgehead atoms. The van der Waals surface area contributed by atoms with Crippen molar-refractivity contribution in [3.8, 4) is 0 Å². The van der Waals surface area contributed by atoms with Gasteiger partial charge in [-0.15, -0.1) is 0 Å². The number of furan rings is 1. The predicted octanol–water partition coefficient (Wildman–Crippen LogP) is 2.63. The lowest BCUT2D eigenvalue weighted by Gasteiger charge is -2.15. The molecular weight excluding hydrogens is 304 g/mol. The summed E-state index contributed by atoms with van der Waals surface area (Å²) < 4.78 is 10.9. The van der Waals surface area contributed by atoms with E-state index in [1.807, 2.05) is 0 Å². The van der Waals surface area contributed by atoms with E-state index >= 15 is 0 Å². The van der Waals surface area contributed by atoms with Gasteiger partial charge in [-0.3, -0.25) is 9.69 Å². The number of methoxy groups -OCH3 is 1. The summed E-state index contributed by atoms with van der Waals surface area (Å²) in [5, 5.41) is 4.15. The Labute approximate surface area is 143 Å². The number of aryl methyl sites for hydroxylation is 2. The minimum Gasteiger partial charge on any atom is -0.459 e. The second kappa shape index (κ2) is 7.36. The normalized spacial score (nSPS) is 18.4. The third-order valence-electron chi connectivity index (χ3n) is 4.79. The maximum absolute atomic E-state index is 11.5. The van der Waals surface area contributed by atoms with Crippen LogP contribution in [0.5, 0.6) is 0 Å². The van der Waals surface area contributed by atoms with Gasteiger partial charge in [0, 0.05) is 25.6 Å². The van der Waals surface area contributed by atoms with Crippen molar-refractivity contribution < 1.29 is 13.9 Å². The fraction of sp³-hybridized carbons (Fsp3) is 0.526. The molecule has 5 nitrogen and oxygen atoms in total. The molecule has 0 saturated carbocycles. The van der Waals surface area contributed by atoms with Crippen molar-refractivity contribution in [2.24, 2.45) is 5.92 Å². The van der Waals surface area contributed by atoms with Crippen LogP contribution in [0.15, 0.2) is 22.6 Å². The van der Waals surface area contributed by atoms with E-state index in [-0.39, 0.29) is 12.5 Å². The molecular formula is C19H26N2O3. The van der Waals surface area contributed by atoms with E-state index in [2.05, 4.69) is 42.3 Å². The van der Waals surface area contributed by atoms with Gasteiger partial charge in [-0.05, 0) is 50.4 Å². The number of ether oxygens (including phenoxy) is 1. The Morgan fingerprint density at radius 2 is 2.25 bits per heavy atom. The highest BCUT2D eigenvalue weighted by molar-refractivity contribution is 5.82. The van der Waals surface area contributed by atoms with E-state index in [1.165, 1.54) is 23.6 Å². The maximum Gasteiger partial charge on any atom is 0.245 e. The van der Waals surface area contributed by atoms with Crippen molar-refractivity contribution in [1.29, 1.82) is 0 Å². The van der Waals surface area contributed by atoms with Crippen molar-refractivity contribution in [2.75, 3.05) is 33.4 Å². The molecule has 2 heterocycles. The summed E-state index contributed by atoms with van der Waals surface area (Å²) in [7, 11) is 1.54. The summed E-state index contributed by atoms with van der Waals surface area (Å²) in [5.74, 6) is 1.51. The molecule has 0 unspecified atom stereocenters. The van der Waals surface area contributed by atoms with Crippen LogP contribution in [-0.4, -0.2) is 44.2 Å². The number of hydrogen-bond donors (Lipinski definition) is 1. The average molecular weight is 330 g/mol. The van der Waals surface area contributed by atoms with Gasteiger partial charge in [0.25, 0.3) is 0 Å². The lowest BCUT2D eigenvalue weighted by atomic mass is 10.1. The maximum atomic E-state index is 11.5. The van der Waals surface area contributed by atoms with Crippen LogP contribution in [-0.2, 0) is 16.1 Å². The van der Waals surface area contributed by atoms with Crippen molar-refractivity contribution in [3.05, 3.63) is 35.1 Å². The van der Waals surface area contributed by atoms with Gasteiger partial charge in [-0.2, -0.15) is 0 Å². The zero-order valence-corrected chi connectivity index (χ0v) is 14.7. The second-order valence-electron chi connectivity index (χ2n) is 6.78. The van der Waals surface area contributed by atoms with Gasteiger partial charge in [0.15, 0.2) is 0 Å². The fourth-order valence-electron chi connectivity index (χ4n) is 3.40. The average Bonchev–Trinajstić information content (AvgIpc) is 3.12. The number of nitrogens with one attached hydrogen (secondary N) is 1. The minimum absolute atomic E-state index is 0.0422. The van der Waals surface area contributed by atoms with Gasteiger partial charge >= 0.3 is 0 Å². The molecule has 1 fully saturated rings. The van der Waals surface area contributed by atoms with E-state index in [9.17, 15) is 4.79 Å². The molecule has 1 aliphatic rings. The smallest absolute Gasteiger partial charge is 0.245 e. The Hall–Kier alpha value is -1.85. The van der Waals surface area contributed by atoms with Gasteiger partial charge in [-0.25, -0.2) is 0 Å². The number of fused-ring (bicyclic) bond motifs is 1. The van der Waals surface area contributed by atoms with E-state index < -0.39 is 0 Å². The highest BCUT2D eigenvalue weighted by Gasteiger charge is 2.24. The Morgan fingerprint density at radius 3 is 3.04 bits per heavy atom. The van der Waals surface area contributed by atoms with Crippen LogP contribution in [0.25, 0.3) is 11.0 Å². The molecule has 1 aromatic carbocycles. The van der Waals surface area contributed by atoms with E-state index in [0.29, 0.717) is 5.92 Å². The molecule has 130 valence electrons. The van der Waals surface area contributed by atoms with Gasteiger partial charge in [0.1, 0.15) is 18.0 Å². The Bertz CT molecular complexity index is 723. The van der Waals surface area contributed by atoms with Gasteiger partial charge < -0.3 is 14.5 Å². The van der Waals surface area contributed by atoms with Crippen molar-refractivity contribution in [1.82, 2.24) is 10.2 Å². The van der Waals surface area contributed by atoms with Gasteiger partial charge in [0.05, 0.1) is 6.54 Å². The lowest BCUT2D eigenvalue weighted by Crippen LogP contribution is -2.33. The first-order chi connectivity index (χ1) is 11.6. The topological polar surface area (TPSA) is 54.7 Å². The van der Waals surface area contributed by atoms with Crippen LogP contribution in [0.4, 0.5) is 0 Å². The SMILES string of the molecule is COCC(=O)NC[C@@H]1CCN(Cc2oc3ccc(C)cc3c2C)C1. The Kier molecular flexibility index (Phi) is 5.21. The number of amides is 1. The summed E-state index contributed by atoms with van der Waals surface area (Å²) in [6.07, 6.45) is 1.10. The molecule has 0 spiro atoms.